The minimum atomic E-state index is -4.21. The Morgan fingerprint density at radius 2 is 1.78 bits per heavy atom. The molecule has 10 heteroatoms. The molecule has 32 heavy (non-hydrogen) atoms. The summed E-state index contributed by atoms with van der Waals surface area (Å²) in [6.07, 6.45) is 0.735. The lowest BCUT2D eigenvalue weighted by atomic mass is 9.96. The minimum absolute atomic E-state index is 0.0529. The van der Waals surface area contributed by atoms with Gasteiger partial charge in [-0.3, -0.25) is 9.59 Å². The summed E-state index contributed by atoms with van der Waals surface area (Å²) >= 11 is 0. The van der Waals surface area contributed by atoms with E-state index in [2.05, 4.69) is 10.3 Å². The number of benzene rings is 1. The highest BCUT2D eigenvalue weighted by atomic mass is 19.3. The first kappa shape index (κ1) is 22.2. The van der Waals surface area contributed by atoms with Gasteiger partial charge in [-0.2, -0.15) is 13.2 Å². The number of alkyl halides is 2. The van der Waals surface area contributed by atoms with Crippen molar-refractivity contribution < 1.29 is 32.3 Å². The fourth-order valence-electron chi connectivity index (χ4n) is 4.57. The van der Waals surface area contributed by atoms with E-state index in [-0.39, 0.29) is 24.1 Å². The molecule has 0 radical (unpaired) electrons. The average molecular weight is 451 g/mol. The molecule has 2 N–H and O–H groups in total. The van der Waals surface area contributed by atoms with Crippen LogP contribution in [0.2, 0.25) is 0 Å². The number of rotatable bonds is 4. The largest absolute Gasteiger partial charge is 0.393 e. The third kappa shape index (κ3) is 4.06. The van der Waals surface area contributed by atoms with E-state index >= 15 is 8.78 Å². The number of nitrogens with one attached hydrogen (secondary N) is 1. The summed E-state index contributed by atoms with van der Waals surface area (Å²) in [5, 5.41) is 12.2. The molecule has 2 aromatic rings. The fourth-order valence-corrected chi connectivity index (χ4v) is 4.57. The lowest BCUT2D eigenvalue weighted by Gasteiger charge is -2.39. The number of carbonyl (C=O) groups excluding carboxylic acids is 2. The molecule has 1 aromatic heterocycles. The smallest absolute Gasteiger partial charge is 0.352 e. The SMILES string of the molecule is Cc1cc(NC(=O)c2ccc(F)c(C(F)(F)C(=O)N3C4CCC3CC(O)C4)c2)cc(F)n1. The van der Waals surface area contributed by atoms with Crippen molar-refractivity contribution in [2.24, 2.45) is 0 Å². The van der Waals surface area contributed by atoms with Gasteiger partial charge in [-0.05, 0) is 56.9 Å². The number of carbonyl (C=O) groups is 2. The summed E-state index contributed by atoms with van der Waals surface area (Å²) in [6, 6.07) is 3.60. The maximum Gasteiger partial charge on any atom is 0.352 e. The highest BCUT2D eigenvalue weighted by Crippen LogP contribution is 2.41. The minimum Gasteiger partial charge on any atom is -0.393 e. The van der Waals surface area contributed by atoms with Crippen LogP contribution in [0.5, 0.6) is 0 Å². The molecule has 2 fully saturated rings. The van der Waals surface area contributed by atoms with Gasteiger partial charge >= 0.3 is 5.92 Å². The van der Waals surface area contributed by atoms with Gasteiger partial charge < -0.3 is 15.3 Å². The number of hydrogen-bond donors (Lipinski definition) is 2. The lowest BCUT2D eigenvalue weighted by Crippen LogP contribution is -2.53. The number of hydrogen-bond acceptors (Lipinski definition) is 4. The van der Waals surface area contributed by atoms with Crippen molar-refractivity contribution in [3.8, 4) is 0 Å². The normalized spacial score (nSPS) is 22.7. The molecule has 0 spiro atoms. The number of anilines is 1. The highest BCUT2D eigenvalue weighted by Gasteiger charge is 2.53. The van der Waals surface area contributed by atoms with Gasteiger partial charge in [0.15, 0.2) is 0 Å². The molecular weight excluding hydrogens is 430 g/mol. The number of aliphatic hydroxyl groups is 1. The molecule has 2 amide bonds. The summed E-state index contributed by atoms with van der Waals surface area (Å²) in [4.78, 5) is 29.9. The zero-order chi connectivity index (χ0) is 23.2. The number of amides is 2. The van der Waals surface area contributed by atoms with Crippen LogP contribution in [0.15, 0.2) is 30.3 Å². The summed E-state index contributed by atoms with van der Waals surface area (Å²) < 4.78 is 58.1. The van der Waals surface area contributed by atoms with Crippen molar-refractivity contribution >= 4 is 17.5 Å². The van der Waals surface area contributed by atoms with Crippen LogP contribution in [0.4, 0.5) is 23.2 Å². The zero-order valence-corrected chi connectivity index (χ0v) is 17.1. The molecule has 0 aliphatic carbocycles. The molecular formula is C22H21F4N3O3. The molecule has 2 aliphatic heterocycles. The molecule has 2 aliphatic rings. The number of nitrogens with zero attached hydrogens (tertiary/aromatic N) is 2. The first-order chi connectivity index (χ1) is 15.1. The van der Waals surface area contributed by atoms with Crippen molar-refractivity contribution in [3.05, 3.63) is 58.9 Å². The number of aliphatic hydroxyl groups excluding tert-OH is 1. The van der Waals surface area contributed by atoms with Crippen LogP contribution in [-0.2, 0) is 10.7 Å². The van der Waals surface area contributed by atoms with E-state index in [1.807, 2.05) is 0 Å². The molecule has 170 valence electrons. The molecule has 3 heterocycles. The van der Waals surface area contributed by atoms with Crippen LogP contribution in [0.1, 0.15) is 47.3 Å². The number of piperidine rings is 1. The molecule has 2 saturated heterocycles. The second-order valence-corrected chi connectivity index (χ2v) is 8.27. The first-order valence-electron chi connectivity index (χ1n) is 10.2. The van der Waals surface area contributed by atoms with Gasteiger partial charge in [0.1, 0.15) is 5.82 Å². The lowest BCUT2D eigenvalue weighted by molar-refractivity contribution is -0.166. The van der Waals surface area contributed by atoms with E-state index in [9.17, 15) is 23.5 Å². The number of pyridine rings is 1. The molecule has 2 atom stereocenters. The van der Waals surface area contributed by atoms with Crippen molar-refractivity contribution in [2.45, 2.75) is 56.7 Å². The molecule has 4 rings (SSSR count). The van der Waals surface area contributed by atoms with Crippen molar-refractivity contribution in [3.63, 3.8) is 0 Å². The van der Waals surface area contributed by atoms with Crippen LogP contribution in [-0.4, -0.2) is 45.0 Å². The Bertz CT molecular complexity index is 1040. The van der Waals surface area contributed by atoms with Crippen LogP contribution in [0, 0.1) is 18.7 Å². The second-order valence-electron chi connectivity index (χ2n) is 8.27. The Morgan fingerprint density at radius 1 is 1.12 bits per heavy atom. The zero-order valence-electron chi connectivity index (χ0n) is 17.1. The Morgan fingerprint density at radius 3 is 2.41 bits per heavy atom. The van der Waals surface area contributed by atoms with E-state index < -0.39 is 53.3 Å². The van der Waals surface area contributed by atoms with Gasteiger partial charge in [-0.15, -0.1) is 0 Å². The number of halogens is 4. The van der Waals surface area contributed by atoms with Gasteiger partial charge in [0.25, 0.3) is 11.8 Å². The number of aryl methyl sites for hydroxylation is 1. The molecule has 1 aromatic carbocycles. The molecule has 2 unspecified atom stereocenters. The average Bonchev–Trinajstić information content (AvgIpc) is 2.97. The Kier molecular flexibility index (Phi) is 5.66. The van der Waals surface area contributed by atoms with E-state index in [4.69, 9.17) is 0 Å². The van der Waals surface area contributed by atoms with Gasteiger partial charge in [0, 0.05) is 35.1 Å². The second kappa shape index (κ2) is 8.16. The quantitative estimate of drug-likeness (QED) is 0.551. The third-order valence-electron chi connectivity index (χ3n) is 5.96. The topological polar surface area (TPSA) is 82.5 Å². The van der Waals surface area contributed by atoms with Crippen molar-refractivity contribution in [1.82, 2.24) is 9.88 Å². The van der Waals surface area contributed by atoms with Crippen LogP contribution in [0.25, 0.3) is 0 Å². The monoisotopic (exact) mass is 451 g/mol. The van der Waals surface area contributed by atoms with Gasteiger partial charge in [-0.25, -0.2) is 9.37 Å². The maximum absolute atomic E-state index is 15.2. The van der Waals surface area contributed by atoms with Crippen LogP contribution < -0.4 is 5.32 Å². The first-order valence-corrected chi connectivity index (χ1v) is 10.2. The Balaban J connectivity index is 1.60. The third-order valence-corrected chi connectivity index (χ3v) is 5.96. The molecule has 0 saturated carbocycles. The fraction of sp³-hybridized carbons (Fsp3) is 0.409. The Labute approximate surface area is 181 Å². The summed E-state index contributed by atoms with van der Waals surface area (Å²) in [7, 11) is 0. The number of fused-ring (bicyclic) bond motifs is 2. The Hall–Kier alpha value is -3.01. The molecule has 2 bridgehead atoms. The van der Waals surface area contributed by atoms with E-state index in [0.717, 1.165) is 17.0 Å². The number of aromatic nitrogens is 1. The van der Waals surface area contributed by atoms with E-state index in [1.54, 1.807) is 0 Å². The van der Waals surface area contributed by atoms with Crippen LogP contribution in [0.3, 0.4) is 0 Å². The standard InChI is InChI=1S/C22H21F4N3O3/c1-11-6-13(8-19(24)27-11)28-20(31)12-2-5-18(23)17(7-12)22(25,26)21(32)29-14-3-4-15(29)10-16(30)9-14/h2,5-8,14-16,30H,3-4,9-10H2,1H3,(H,27,28,31). The predicted octanol–water partition coefficient (Wildman–Crippen LogP) is 3.53. The van der Waals surface area contributed by atoms with Gasteiger partial charge in [0.2, 0.25) is 5.95 Å². The van der Waals surface area contributed by atoms with E-state index in [0.29, 0.717) is 30.7 Å². The summed E-state index contributed by atoms with van der Waals surface area (Å²) in [5.74, 6) is -8.78. The van der Waals surface area contributed by atoms with Gasteiger partial charge in [-0.1, -0.05) is 0 Å². The maximum atomic E-state index is 15.2. The van der Waals surface area contributed by atoms with Gasteiger partial charge in [0.05, 0.1) is 11.7 Å². The van der Waals surface area contributed by atoms with E-state index in [1.165, 1.54) is 13.0 Å². The predicted molar refractivity (Wildman–Crippen MR) is 106 cm³/mol. The summed E-state index contributed by atoms with van der Waals surface area (Å²) in [6.45, 7) is 1.51. The summed E-state index contributed by atoms with van der Waals surface area (Å²) in [5.41, 5.74) is -1.19. The highest BCUT2D eigenvalue weighted by molar-refractivity contribution is 6.04. The van der Waals surface area contributed by atoms with Crippen LogP contribution >= 0.6 is 0 Å². The van der Waals surface area contributed by atoms with Crippen molar-refractivity contribution in [1.29, 1.82) is 0 Å². The molecule has 6 nitrogen and oxygen atoms in total. The van der Waals surface area contributed by atoms with Crippen molar-refractivity contribution in [2.75, 3.05) is 5.32 Å².